The van der Waals surface area contributed by atoms with Gasteiger partial charge in [0.15, 0.2) is 0 Å². The maximum atomic E-state index is 9.14. The van der Waals surface area contributed by atoms with Crippen molar-refractivity contribution in [3.8, 4) is 28.7 Å². The summed E-state index contributed by atoms with van der Waals surface area (Å²) in [6.45, 7) is 2.40. The molecule has 31 heavy (non-hydrogen) atoms. The molecule has 0 saturated heterocycles. The van der Waals surface area contributed by atoms with Gasteiger partial charge in [0.05, 0.1) is 53.3 Å². The number of nitrogens with two attached hydrogens (primary N) is 1. The number of ether oxygens (including phenoxy) is 1. The largest absolute Gasteiger partial charge is 0.375 e. The molecule has 3 heterocycles. The lowest BCUT2D eigenvalue weighted by Gasteiger charge is -2.10. The van der Waals surface area contributed by atoms with Crippen molar-refractivity contribution in [3.05, 3.63) is 71.7 Å². The van der Waals surface area contributed by atoms with Crippen LogP contribution in [-0.4, -0.2) is 37.1 Å². The first-order chi connectivity index (χ1) is 15.1. The first-order valence-electron chi connectivity index (χ1n) is 9.60. The predicted molar refractivity (Wildman–Crippen MR) is 114 cm³/mol. The second kappa shape index (κ2) is 8.69. The van der Waals surface area contributed by atoms with Crippen molar-refractivity contribution in [1.82, 2.24) is 29.9 Å². The summed E-state index contributed by atoms with van der Waals surface area (Å²) >= 11 is 0. The zero-order valence-electron chi connectivity index (χ0n) is 17.1. The minimum atomic E-state index is -0.0896. The van der Waals surface area contributed by atoms with Crippen LogP contribution in [0.5, 0.6) is 0 Å². The molecule has 9 nitrogen and oxygen atoms in total. The highest BCUT2D eigenvalue weighted by atomic mass is 16.5. The smallest absolute Gasteiger partial charge is 0.221 e. The number of nitrogens with zero attached hydrogens (tertiary/aromatic N) is 7. The molecule has 1 atom stereocenters. The molecule has 0 aliphatic carbocycles. The highest BCUT2D eigenvalue weighted by Gasteiger charge is 2.12. The number of hydrogen-bond acceptors (Lipinski definition) is 8. The molecule has 154 valence electrons. The Labute approximate surface area is 179 Å². The van der Waals surface area contributed by atoms with E-state index in [2.05, 4.69) is 31.3 Å². The maximum absolute atomic E-state index is 9.14. The van der Waals surface area contributed by atoms with Crippen molar-refractivity contribution in [1.29, 1.82) is 5.26 Å². The number of nitriles is 1. The number of aromatic nitrogens is 6. The van der Waals surface area contributed by atoms with Crippen LogP contribution in [0.25, 0.3) is 22.6 Å². The van der Waals surface area contributed by atoms with Gasteiger partial charge in [-0.05, 0) is 37.3 Å². The Morgan fingerprint density at radius 3 is 2.68 bits per heavy atom. The molecule has 0 radical (unpaired) electrons. The summed E-state index contributed by atoms with van der Waals surface area (Å²) in [5.41, 5.74) is 10.7. The van der Waals surface area contributed by atoms with Gasteiger partial charge in [-0.3, -0.25) is 4.98 Å². The van der Waals surface area contributed by atoms with Crippen LogP contribution in [0.4, 0.5) is 5.95 Å². The molecule has 0 amide bonds. The van der Waals surface area contributed by atoms with E-state index in [9.17, 15) is 0 Å². The van der Waals surface area contributed by atoms with Gasteiger partial charge < -0.3 is 10.5 Å². The molecule has 0 saturated carbocycles. The fraction of sp³-hybridized carbons (Fsp3) is 0.182. The Kier molecular flexibility index (Phi) is 5.64. The molecule has 0 spiro atoms. The molecule has 9 heteroatoms. The predicted octanol–water partition coefficient (Wildman–Crippen LogP) is 3.01. The minimum absolute atomic E-state index is 0.0896. The van der Waals surface area contributed by atoms with Gasteiger partial charge in [-0.2, -0.15) is 5.26 Å². The van der Waals surface area contributed by atoms with Crippen LogP contribution in [0.15, 0.2) is 54.7 Å². The lowest BCUT2D eigenvalue weighted by Crippen LogP contribution is -2.06. The standard InChI is InChI=1S/C22H20N8O/c1-14(31-2)18-8-4-7-17(25-18)12-30-13-21(28-29-30)20-10-19(26-22(24)27-20)16-6-3-5-15(9-16)11-23/h3-10,13-14H,12H2,1-2H3,(H2,24,26,27)/t14-/m1/s1. The van der Waals surface area contributed by atoms with Crippen molar-refractivity contribution >= 4 is 5.95 Å². The van der Waals surface area contributed by atoms with Crippen molar-refractivity contribution in [2.24, 2.45) is 0 Å². The average molecular weight is 412 g/mol. The van der Waals surface area contributed by atoms with E-state index in [-0.39, 0.29) is 12.1 Å². The monoisotopic (exact) mass is 412 g/mol. The van der Waals surface area contributed by atoms with Gasteiger partial charge in [0.2, 0.25) is 5.95 Å². The number of nitrogen functional groups attached to an aromatic ring is 1. The summed E-state index contributed by atoms with van der Waals surface area (Å²) in [4.78, 5) is 13.2. The SMILES string of the molecule is CO[C@H](C)c1cccc(Cn2cc(-c3cc(-c4cccc(C#N)c4)nc(N)n3)nn2)n1. The van der Waals surface area contributed by atoms with E-state index in [1.165, 1.54) is 0 Å². The lowest BCUT2D eigenvalue weighted by molar-refractivity contribution is 0.116. The van der Waals surface area contributed by atoms with Crippen LogP contribution >= 0.6 is 0 Å². The van der Waals surface area contributed by atoms with Gasteiger partial charge in [0.1, 0.15) is 5.69 Å². The molecule has 0 aliphatic rings. The Hall–Kier alpha value is -4.16. The fourth-order valence-electron chi connectivity index (χ4n) is 3.09. The van der Waals surface area contributed by atoms with Gasteiger partial charge in [-0.15, -0.1) is 5.10 Å². The Morgan fingerprint density at radius 1 is 1.06 bits per heavy atom. The van der Waals surface area contributed by atoms with E-state index < -0.39 is 0 Å². The molecule has 3 aromatic heterocycles. The average Bonchev–Trinajstić information content (AvgIpc) is 3.27. The van der Waals surface area contributed by atoms with Gasteiger partial charge in [0.25, 0.3) is 0 Å². The van der Waals surface area contributed by atoms with Crippen LogP contribution in [0.2, 0.25) is 0 Å². The summed E-state index contributed by atoms with van der Waals surface area (Å²) in [6, 6.07) is 16.8. The lowest BCUT2D eigenvalue weighted by atomic mass is 10.1. The molecular formula is C22H20N8O. The van der Waals surface area contributed by atoms with E-state index in [4.69, 9.17) is 15.7 Å². The molecule has 4 rings (SSSR count). The second-order valence-corrected chi connectivity index (χ2v) is 6.92. The van der Waals surface area contributed by atoms with E-state index >= 15 is 0 Å². The fourth-order valence-corrected chi connectivity index (χ4v) is 3.09. The Bertz CT molecular complexity index is 1260. The van der Waals surface area contributed by atoms with E-state index in [1.54, 1.807) is 42.3 Å². The third-order valence-electron chi connectivity index (χ3n) is 4.75. The Morgan fingerprint density at radius 2 is 1.87 bits per heavy atom. The van der Waals surface area contributed by atoms with Crippen LogP contribution in [0, 0.1) is 11.3 Å². The van der Waals surface area contributed by atoms with Crippen molar-refractivity contribution in [3.63, 3.8) is 0 Å². The summed E-state index contributed by atoms with van der Waals surface area (Å²) < 4.78 is 7.02. The van der Waals surface area contributed by atoms with Gasteiger partial charge in [0, 0.05) is 12.7 Å². The summed E-state index contributed by atoms with van der Waals surface area (Å²) in [5.74, 6) is 0.118. The summed E-state index contributed by atoms with van der Waals surface area (Å²) in [6.07, 6.45) is 1.69. The third-order valence-corrected chi connectivity index (χ3v) is 4.75. The molecule has 2 N–H and O–H groups in total. The quantitative estimate of drug-likeness (QED) is 0.512. The highest BCUT2D eigenvalue weighted by molar-refractivity contribution is 5.68. The molecule has 1 aromatic carbocycles. The van der Waals surface area contributed by atoms with Crippen LogP contribution in [0.3, 0.4) is 0 Å². The van der Waals surface area contributed by atoms with Crippen molar-refractivity contribution in [2.45, 2.75) is 19.6 Å². The first-order valence-corrected chi connectivity index (χ1v) is 9.60. The number of anilines is 1. The molecule has 0 bridgehead atoms. The van der Waals surface area contributed by atoms with Gasteiger partial charge in [-0.25, -0.2) is 14.6 Å². The van der Waals surface area contributed by atoms with Gasteiger partial charge >= 0.3 is 0 Å². The molecule has 4 aromatic rings. The zero-order chi connectivity index (χ0) is 21.8. The molecule has 0 aliphatic heterocycles. The third kappa shape index (κ3) is 4.55. The number of hydrogen-bond donors (Lipinski definition) is 1. The second-order valence-electron chi connectivity index (χ2n) is 6.92. The van der Waals surface area contributed by atoms with Gasteiger partial charge in [-0.1, -0.05) is 23.4 Å². The number of benzene rings is 1. The molecule has 0 unspecified atom stereocenters. The van der Waals surface area contributed by atoms with E-state index in [0.717, 1.165) is 17.0 Å². The minimum Gasteiger partial charge on any atom is -0.375 e. The molecular weight excluding hydrogens is 392 g/mol. The van der Waals surface area contributed by atoms with Crippen molar-refractivity contribution in [2.75, 3.05) is 12.8 Å². The van der Waals surface area contributed by atoms with Crippen LogP contribution in [-0.2, 0) is 11.3 Å². The van der Waals surface area contributed by atoms with Crippen molar-refractivity contribution < 1.29 is 4.74 Å². The number of pyridine rings is 1. The first kappa shape index (κ1) is 20.1. The maximum Gasteiger partial charge on any atom is 0.221 e. The number of rotatable bonds is 6. The molecule has 0 fully saturated rings. The summed E-state index contributed by atoms with van der Waals surface area (Å²) in [7, 11) is 1.65. The zero-order valence-corrected chi connectivity index (χ0v) is 17.1. The highest BCUT2D eigenvalue weighted by Crippen LogP contribution is 2.24. The Balaban J connectivity index is 1.61. The van der Waals surface area contributed by atoms with E-state index in [1.807, 2.05) is 31.2 Å². The summed E-state index contributed by atoms with van der Waals surface area (Å²) in [5, 5.41) is 17.6. The normalized spacial score (nSPS) is 11.8. The van der Waals surface area contributed by atoms with Crippen LogP contribution < -0.4 is 5.73 Å². The van der Waals surface area contributed by atoms with Crippen LogP contribution in [0.1, 0.15) is 30.0 Å². The number of methoxy groups -OCH3 is 1. The topological polar surface area (TPSA) is 128 Å². The van der Waals surface area contributed by atoms with E-state index in [0.29, 0.717) is 29.2 Å².